The van der Waals surface area contributed by atoms with E-state index in [2.05, 4.69) is 4.72 Å². The van der Waals surface area contributed by atoms with Crippen molar-refractivity contribution in [3.8, 4) is 0 Å². The smallest absolute Gasteiger partial charge is 0.327 e. The van der Waals surface area contributed by atoms with Crippen LogP contribution in [0.15, 0.2) is 16.3 Å². The van der Waals surface area contributed by atoms with Crippen LogP contribution in [0.2, 0.25) is 4.34 Å². The summed E-state index contributed by atoms with van der Waals surface area (Å²) < 4.78 is 32.6. The van der Waals surface area contributed by atoms with Crippen molar-refractivity contribution in [1.82, 2.24) is 4.72 Å². The number of nitrogens with one attached hydrogen (secondary N) is 1. The number of thiophene rings is 1. The quantitative estimate of drug-likeness (QED) is 0.857. The third kappa shape index (κ3) is 3.16. The lowest BCUT2D eigenvalue weighted by Crippen LogP contribution is -2.55. The maximum Gasteiger partial charge on any atom is 0.327 e. The molecule has 1 aromatic rings. The van der Waals surface area contributed by atoms with Crippen LogP contribution in [0.5, 0.6) is 0 Å². The van der Waals surface area contributed by atoms with Gasteiger partial charge in [-0.1, -0.05) is 30.9 Å². The molecule has 1 heterocycles. The molecule has 0 amide bonds. The Bertz CT molecular complexity index is 590. The molecule has 8 heteroatoms. The van der Waals surface area contributed by atoms with Gasteiger partial charge in [-0.25, -0.2) is 8.42 Å². The summed E-state index contributed by atoms with van der Waals surface area (Å²) in [6.07, 6.45) is 3.49. The van der Waals surface area contributed by atoms with Gasteiger partial charge < -0.3 is 4.74 Å². The molecule has 0 radical (unpaired) electrons. The van der Waals surface area contributed by atoms with Gasteiger partial charge in [0.2, 0.25) is 0 Å². The summed E-state index contributed by atoms with van der Waals surface area (Å²) in [5.41, 5.74) is -1.15. The summed E-state index contributed by atoms with van der Waals surface area (Å²) in [5.74, 6) is -0.525. The predicted octanol–water partition coefficient (Wildman–Crippen LogP) is 2.56. The molecule has 0 aliphatic heterocycles. The van der Waals surface area contributed by atoms with Crippen LogP contribution in [-0.4, -0.2) is 27.0 Å². The third-order valence-corrected chi connectivity index (χ3v) is 6.69. The predicted molar refractivity (Wildman–Crippen MR) is 77.5 cm³/mol. The van der Waals surface area contributed by atoms with Crippen molar-refractivity contribution in [2.24, 2.45) is 0 Å². The van der Waals surface area contributed by atoms with Gasteiger partial charge in [-0.3, -0.25) is 4.79 Å². The first kappa shape index (κ1) is 15.8. The van der Waals surface area contributed by atoms with Gasteiger partial charge in [0, 0.05) is 0 Å². The Morgan fingerprint density at radius 3 is 2.50 bits per heavy atom. The van der Waals surface area contributed by atoms with Crippen LogP contribution in [-0.2, 0) is 19.6 Å². The van der Waals surface area contributed by atoms with E-state index < -0.39 is 21.5 Å². The standard InChI is InChI=1S/C12H16ClNO4S2/c1-18-11(15)12(7-3-2-4-8-12)14-20(16,17)10-6-5-9(13)19-10/h5-6,14H,2-4,7-8H2,1H3. The van der Waals surface area contributed by atoms with Gasteiger partial charge in [0.15, 0.2) is 0 Å². The van der Waals surface area contributed by atoms with E-state index >= 15 is 0 Å². The fourth-order valence-corrected chi connectivity index (χ4v) is 5.34. The molecule has 1 aromatic heterocycles. The highest BCUT2D eigenvalue weighted by molar-refractivity contribution is 7.91. The Kier molecular flexibility index (Phi) is 4.73. The molecule has 0 spiro atoms. The van der Waals surface area contributed by atoms with Gasteiger partial charge >= 0.3 is 5.97 Å². The zero-order valence-electron chi connectivity index (χ0n) is 11.0. The molecule has 2 rings (SSSR count). The van der Waals surface area contributed by atoms with Crippen molar-refractivity contribution >= 4 is 38.9 Å². The van der Waals surface area contributed by atoms with E-state index in [4.69, 9.17) is 16.3 Å². The molecule has 0 unspecified atom stereocenters. The zero-order valence-corrected chi connectivity index (χ0v) is 13.4. The van der Waals surface area contributed by atoms with Crippen molar-refractivity contribution in [2.75, 3.05) is 7.11 Å². The average Bonchev–Trinajstić information content (AvgIpc) is 2.86. The van der Waals surface area contributed by atoms with E-state index in [1.54, 1.807) is 0 Å². The Morgan fingerprint density at radius 1 is 1.35 bits per heavy atom. The summed E-state index contributed by atoms with van der Waals surface area (Å²) >= 11 is 6.73. The average molecular weight is 338 g/mol. The fraction of sp³-hybridized carbons (Fsp3) is 0.583. The summed E-state index contributed by atoms with van der Waals surface area (Å²) in [6.45, 7) is 0. The van der Waals surface area contributed by atoms with Gasteiger partial charge in [0.1, 0.15) is 9.75 Å². The number of halogens is 1. The molecule has 5 nitrogen and oxygen atoms in total. The van der Waals surface area contributed by atoms with Crippen molar-refractivity contribution in [2.45, 2.75) is 41.9 Å². The first-order valence-corrected chi connectivity index (χ1v) is 8.95. The van der Waals surface area contributed by atoms with E-state index in [1.165, 1.54) is 19.2 Å². The van der Waals surface area contributed by atoms with E-state index in [0.717, 1.165) is 30.6 Å². The third-order valence-electron chi connectivity index (χ3n) is 3.43. The number of carbonyl (C=O) groups excluding carboxylic acids is 1. The van der Waals surface area contributed by atoms with Crippen molar-refractivity contribution in [1.29, 1.82) is 0 Å². The molecular formula is C12H16ClNO4S2. The van der Waals surface area contributed by atoms with E-state index in [1.807, 2.05) is 0 Å². The molecule has 1 N–H and O–H groups in total. The lowest BCUT2D eigenvalue weighted by Gasteiger charge is -2.34. The van der Waals surface area contributed by atoms with Crippen molar-refractivity contribution in [3.63, 3.8) is 0 Å². The lowest BCUT2D eigenvalue weighted by atomic mass is 9.83. The van der Waals surface area contributed by atoms with Gasteiger partial charge in [0.05, 0.1) is 11.4 Å². The normalized spacial score (nSPS) is 18.7. The molecular weight excluding hydrogens is 322 g/mol. The Labute approximate surface area is 127 Å². The van der Waals surface area contributed by atoms with Crippen LogP contribution < -0.4 is 4.72 Å². The van der Waals surface area contributed by atoms with Gasteiger partial charge in [-0.15, -0.1) is 11.3 Å². The highest BCUT2D eigenvalue weighted by Gasteiger charge is 2.44. The SMILES string of the molecule is COC(=O)C1(NS(=O)(=O)c2ccc(Cl)s2)CCCCC1. The van der Waals surface area contributed by atoms with Gasteiger partial charge in [-0.05, 0) is 25.0 Å². The van der Waals surface area contributed by atoms with Crippen molar-refractivity contribution < 1.29 is 17.9 Å². The molecule has 1 aliphatic rings. The maximum atomic E-state index is 12.4. The number of ether oxygens (including phenoxy) is 1. The summed E-state index contributed by atoms with van der Waals surface area (Å²) in [4.78, 5) is 12.0. The topological polar surface area (TPSA) is 72.5 Å². The minimum Gasteiger partial charge on any atom is -0.468 e. The summed E-state index contributed by atoms with van der Waals surface area (Å²) in [7, 11) is -2.50. The molecule has 1 fully saturated rings. The molecule has 1 saturated carbocycles. The first-order valence-electron chi connectivity index (χ1n) is 6.27. The monoisotopic (exact) mass is 337 g/mol. The van der Waals surface area contributed by atoms with Crippen LogP contribution >= 0.6 is 22.9 Å². The van der Waals surface area contributed by atoms with E-state index in [9.17, 15) is 13.2 Å². The summed E-state index contributed by atoms with van der Waals surface area (Å²) in [5, 5.41) is 0. The van der Waals surface area contributed by atoms with Crippen LogP contribution in [0.4, 0.5) is 0 Å². The molecule has 0 bridgehead atoms. The summed E-state index contributed by atoms with van der Waals surface area (Å²) in [6, 6.07) is 2.95. The molecule has 112 valence electrons. The Morgan fingerprint density at radius 2 is 2.00 bits per heavy atom. The van der Waals surface area contributed by atoms with Crippen LogP contribution in [0.1, 0.15) is 32.1 Å². The van der Waals surface area contributed by atoms with Crippen LogP contribution in [0.25, 0.3) is 0 Å². The Balaban J connectivity index is 2.30. The number of hydrogen-bond acceptors (Lipinski definition) is 5. The number of rotatable bonds is 4. The minimum absolute atomic E-state index is 0.108. The number of esters is 1. The van der Waals surface area contributed by atoms with E-state index in [0.29, 0.717) is 17.2 Å². The lowest BCUT2D eigenvalue weighted by molar-refractivity contribution is -0.149. The number of hydrogen-bond donors (Lipinski definition) is 1. The number of methoxy groups -OCH3 is 1. The van der Waals surface area contributed by atoms with E-state index in [-0.39, 0.29) is 4.21 Å². The second kappa shape index (κ2) is 6.01. The second-order valence-electron chi connectivity index (χ2n) is 4.80. The molecule has 0 atom stereocenters. The van der Waals surface area contributed by atoms with Crippen molar-refractivity contribution in [3.05, 3.63) is 16.5 Å². The number of sulfonamides is 1. The first-order chi connectivity index (χ1) is 9.39. The molecule has 0 saturated heterocycles. The molecule has 20 heavy (non-hydrogen) atoms. The fourth-order valence-electron chi connectivity index (χ4n) is 2.45. The zero-order chi connectivity index (χ0) is 14.8. The maximum absolute atomic E-state index is 12.4. The van der Waals surface area contributed by atoms with Crippen LogP contribution in [0.3, 0.4) is 0 Å². The van der Waals surface area contributed by atoms with Gasteiger partial charge in [0.25, 0.3) is 10.0 Å². The van der Waals surface area contributed by atoms with Gasteiger partial charge in [-0.2, -0.15) is 4.72 Å². The second-order valence-corrected chi connectivity index (χ2v) is 8.42. The van der Waals surface area contributed by atoms with Crippen LogP contribution in [0, 0.1) is 0 Å². The molecule has 0 aromatic carbocycles. The minimum atomic E-state index is -3.77. The Hall–Kier alpha value is -0.630. The largest absolute Gasteiger partial charge is 0.468 e. The highest BCUT2D eigenvalue weighted by atomic mass is 35.5. The highest BCUT2D eigenvalue weighted by Crippen LogP contribution is 2.33. The molecule has 1 aliphatic carbocycles. The number of carbonyl (C=O) groups is 1.